The number of anilines is 1. The summed E-state index contributed by atoms with van der Waals surface area (Å²) >= 11 is 12.9. The molecule has 3 amide bonds. The first-order valence-electron chi connectivity index (χ1n) is 12.3. The van der Waals surface area contributed by atoms with E-state index in [-0.39, 0.29) is 26.6 Å². The highest BCUT2D eigenvalue weighted by Gasteiger charge is 2.36. The van der Waals surface area contributed by atoms with Gasteiger partial charge in [-0.25, -0.2) is 4.79 Å². The first kappa shape index (κ1) is 28.8. The average Bonchev–Trinajstić information content (AvgIpc) is 3.22. The molecule has 2 N–H and O–H groups in total. The van der Waals surface area contributed by atoms with Crippen molar-refractivity contribution >= 4 is 69.5 Å². The molecule has 2 aromatic carbocycles. The van der Waals surface area contributed by atoms with E-state index in [1.54, 1.807) is 24.3 Å². The maximum absolute atomic E-state index is 13.2. The van der Waals surface area contributed by atoms with Gasteiger partial charge in [-0.05, 0) is 92.5 Å². The Bertz CT molecular complexity index is 1340. The molecule has 0 atom stereocenters. The molecular formula is C27H26Cl2N4O5S. The lowest BCUT2D eigenvalue weighted by molar-refractivity contribution is -0.135. The van der Waals surface area contributed by atoms with E-state index in [1.165, 1.54) is 30.2 Å². The zero-order valence-corrected chi connectivity index (χ0v) is 23.4. The van der Waals surface area contributed by atoms with E-state index < -0.39 is 17.8 Å². The Labute approximate surface area is 240 Å². The van der Waals surface area contributed by atoms with Crippen LogP contribution in [-0.2, 0) is 14.3 Å². The summed E-state index contributed by atoms with van der Waals surface area (Å²) in [5, 5.41) is 6.76. The summed E-state index contributed by atoms with van der Waals surface area (Å²) in [6.07, 6.45) is 4.17. The van der Waals surface area contributed by atoms with E-state index in [0.29, 0.717) is 28.7 Å². The van der Waals surface area contributed by atoms with Gasteiger partial charge in [-0.1, -0.05) is 23.2 Å². The highest BCUT2D eigenvalue weighted by Crippen LogP contribution is 2.35. The number of thioether (sulfide) groups is 1. The van der Waals surface area contributed by atoms with E-state index in [2.05, 4.69) is 20.4 Å². The summed E-state index contributed by atoms with van der Waals surface area (Å²) in [7, 11) is 1.19. The van der Waals surface area contributed by atoms with Gasteiger partial charge >= 0.3 is 5.97 Å². The summed E-state index contributed by atoms with van der Waals surface area (Å²) in [5.74, 6) is -1.61. The number of nitrogens with one attached hydrogen (secondary N) is 2. The summed E-state index contributed by atoms with van der Waals surface area (Å²) in [6.45, 7) is 2.60. The Balaban J connectivity index is 1.54. The van der Waals surface area contributed by atoms with Crippen molar-refractivity contribution in [2.24, 2.45) is 10.9 Å². The van der Waals surface area contributed by atoms with Crippen molar-refractivity contribution < 1.29 is 23.9 Å². The molecule has 12 heteroatoms. The zero-order chi connectivity index (χ0) is 27.9. The van der Waals surface area contributed by atoms with Crippen molar-refractivity contribution in [2.45, 2.75) is 19.3 Å². The van der Waals surface area contributed by atoms with Crippen LogP contribution in [0.15, 0.2) is 58.4 Å². The fraction of sp³-hybridized carbons (Fsp3) is 0.296. The molecule has 4 rings (SSSR count). The molecule has 0 bridgehead atoms. The number of aliphatic imine (C=N–C) groups is 1. The van der Waals surface area contributed by atoms with Gasteiger partial charge in [-0.2, -0.15) is 4.99 Å². The number of ether oxygens (including phenoxy) is 1. The van der Waals surface area contributed by atoms with Crippen molar-refractivity contribution in [1.29, 1.82) is 0 Å². The standard InChI is InChI=1S/C27H26Cl2N4O5S/c1-38-23(34)15-22-26(37)33(27(39-22)32-25(36)20-7-4-18(28)14-21(20)29)19-5-2-17(3-6-19)24(35)31-13-10-16-8-11-30-12-9-16/h2-7,14-16,30H,8-13H2,1H3,(H,31,35). The number of carbonyl (C=O) groups excluding carboxylic acids is 4. The van der Waals surface area contributed by atoms with E-state index >= 15 is 0 Å². The third kappa shape index (κ3) is 7.27. The second kappa shape index (κ2) is 13.3. The van der Waals surface area contributed by atoms with Gasteiger partial charge in [0.1, 0.15) is 0 Å². The molecule has 0 aromatic heterocycles. The quantitative estimate of drug-likeness (QED) is 0.362. The highest BCUT2D eigenvalue weighted by atomic mass is 35.5. The van der Waals surface area contributed by atoms with Crippen LogP contribution in [0.2, 0.25) is 10.0 Å². The minimum atomic E-state index is -0.726. The summed E-state index contributed by atoms with van der Waals surface area (Å²) < 4.78 is 4.64. The largest absolute Gasteiger partial charge is 0.466 e. The lowest BCUT2D eigenvalue weighted by Crippen LogP contribution is -2.31. The molecular weight excluding hydrogens is 563 g/mol. The van der Waals surface area contributed by atoms with Gasteiger partial charge in [-0.15, -0.1) is 0 Å². The number of hydrogen-bond acceptors (Lipinski definition) is 7. The number of amides is 3. The van der Waals surface area contributed by atoms with Gasteiger partial charge in [0.2, 0.25) is 0 Å². The molecule has 0 unspecified atom stereocenters. The molecule has 2 aliphatic heterocycles. The third-order valence-corrected chi connectivity index (χ3v) is 7.82. The van der Waals surface area contributed by atoms with Crippen LogP contribution < -0.4 is 15.5 Å². The number of benzene rings is 2. The SMILES string of the molecule is COC(=O)C=C1SC(=NC(=O)c2ccc(Cl)cc2Cl)N(c2ccc(C(=O)NCCC3CCNCC3)cc2)C1=O. The molecule has 0 spiro atoms. The molecule has 0 saturated carbocycles. The fourth-order valence-electron chi connectivity index (χ4n) is 4.18. The Kier molecular flexibility index (Phi) is 9.79. The van der Waals surface area contributed by atoms with E-state index in [9.17, 15) is 19.2 Å². The van der Waals surface area contributed by atoms with Crippen molar-refractivity contribution in [2.75, 3.05) is 31.6 Å². The van der Waals surface area contributed by atoms with E-state index in [4.69, 9.17) is 23.2 Å². The number of halogens is 2. The van der Waals surface area contributed by atoms with Crippen LogP contribution in [0.4, 0.5) is 5.69 Å². The number of piperidine rings is 1. The van der Waals surface area contributed by atoms with Gasteiger partial charge in [0.05, 0.1) is 28.3 Å². The fourth-order valence-corrected chi connectivity index (χ4v) is 5.60. The topological polar surface area (TPSA) is 117 Å². The Morgan fingerprint density at radius 3 is 2.54 bits per heavy atom. The second-order valence-electron chi connectivity index (χ2n) is 8.88. The molecule has 204 valence electrons. The van der Waals surface area contributed by atoms with Crippen molar-refractivity contribution in [3.05, 3.63) is 74.6 Å². The highest BCUT2D eigenvalue weighted by molar-refractivity contribution is 8.19. The molecule has 39 heavy (non-hydrogen) atoms. The van der Waals surface area contributed by atoms with Crippen LogP contribution in [0, 0.1) is 5.92 Å². The maximum Gasteiger partial charge on any atom is 0.331 e. The maximum atomic E-state index is 13.2. The smallest absolute Gasteiger partial charge is 0.331 e. The normalized spacial score (nSPS) is 18.0. The number of carbonyl (C=O) groups is 4. The van der Waals surface area contributed by atoms with Crippen molar-refractivity contribution in [3.63, 3.8) is 0 Å². The van der Waals surface area contributed by atoms with Gasteiger partial charge in [0.15, 0.2) is 5.17 Å². The summed E-state index contributed by atoms with van der Waals surface area (Å²) in [5.41, 5.74) is 0.889. The molecule has 0 aliphatic carbocycles. The minimum absolute atomic E-state index is 0.0188. The average molecular weight is 590 g/mol. The minimum Gasteiger partial charge on any atom is -0.466 e. The summed E-state index contributed by atoms with van der Waals surface area (Å²) in [6, 6.07) is 10.7. The van der Waals surface area contributed by atoms with E-state index in [1.807, 2.05) is 0 Å². The van der Waals surface area contributed by atoms with Crippen LogP contribution in [0.25, 0.3) is 0 Å². The van der Waals surface area contributed by atoms with Crippen LogP contribution in [0.5, 0.6) is 0 Å². The summed E-state index contributed by atoms with van der Waals surface area (Å²) in [4.78, 5) is 56.0. The van der Waals surface area contributed by atoms with Crippen LogP contribution >= 0.6 is 35.0 Å². The first-order chi connectivity index (χ1) is 18.8. The molecule has 9 nitrogen and oxygen atoms in total. The predicted octanol–water partition coefficient (Wildman–Crippen LogP) is 4.45. The Morgan fingerprint density at radius 1 is 1.15 bits per heavy atom. The van der Waals surface area contributed by atoms with Gasteiger partial charge in [0, 0.05) is 23.2 Å². The van der Waals surface area contributed by atoms with Gasteiger partial charge in [0.25, 0.3) is 17.7 Å². The van der Waals surface area contributed by atoms with E-state index in [0.717, 1.165) is 50.2 Å². The third-order valence-electron chi connectivity index (χ3n) is 6.30. The van der Waals surface area contributed by atoms with Crippen LogP contribution in [0.1, 0.15) is 40.0 Å². The molecule has 2 aliphatic rings. The van der Waals surface area contributed by atoms with Crippen LogP contribution in [-0.4, -0.2) is 55.6 Å². The number of hydrogen-bond donors (Lipinski definition) is 2. The predicted molar refractivity (Wildman–Crippen MR) is 152 cm³/mol. The van der Waals surface area contributed by atoms with Gasteiger partial charge < -0.3 is 15.4 Å². The Hall–Kier alpha value is -3.18. The lowest BCUT2D eigenvalue weighted by Gasteiger charge is -2.22. The second-order valence-corrected chi connectivity index (χ2v) is 10.7. The molecule has 2 aromatic rings. The Morgan fingerprint density at radius 2 is 1.87 bits per heavy atom. The van der Waals surface area contributed by atoms with Crippen LogP contribution in [0.3, 0.4) is 0 Å². The monoisotopic (exact) mass is 588 g/mol. The number of esters is 1. The first-order valence-corrected chi connectivity index (χ1v) is 13.8. The lowest BCUT2D eigenvalue weighted by atomic mass is 9.95. The number of rotatable bonds is 7. The van der Waals surface area contributed by atoms with Crippen molar-refractivity contribution in [3.8, 4) is 0 Å². The number of amidine groups is 1. The molecule has 2 saturated heterocycles. The molecule has 0 radical (unpaired) electrons. The number of nitrogens with zero attached hydrogens (tertiary/aromatic N) is 2. The van der Waals surface area contributed by atoms with Crippen molar-refractivity contribution in [1.82, 2.24) is 10.6 Å². The molecule has 2 heterocycles. The van der Waals surface area contributed by atoms with Gasteiger partial charge in [-0.3, -0.25) is 19.3 Å². The zero-order valence-electron chi connectivity index (χ0n) is 21.0. The molecule has 2 fully saturated rings. The number of methoxy groups -OCH3 is 1.